The van der Waals surface area contributed by atoms with Gasteiger partial charge in [-0.3, -0.25) is 0 Å². The lowest BCUT2D eigenvalue weighted by Gasteiger charge is -2.42. The summed E-state index contributed by atoms with van der Waals surface area (Å²) in [5, 5.41) is 4.11. The fourth-order valence-electron chi connectivity index (χ4n) is 3.89. The summed E-state index contributed by atoms with van der Waals surface area (Å²) >= 11 is 0. The second-order valence-electron chi connectivity index (χ2n) is 7.26. The van der Waals surface area contributed by atoms with Gasteiger partial charge in [-0.1, -0.05) is 25.1 Å². The number of carbonyl (C=O) groups is 1. The fourth-order valence-corrected chi connectivity index (χ4v) is 3.89. The summed E-state index contributed by atoms with van der Waals surface area (Å²) in [5.41, 5.74) is 2.86. The molecular formula is C21H25N5O. The number of likely N-dealkylation sites (tertiary alicyclic amines) is 1. The lowest BCUT2D eigenvalue weighted by atomic mass is 9.92. The third-order valence-corrected chi connectivity index (χ3v) is 5.55. The highest BCUT2D eigenvalue weighted by atomic mass is 16.2. The predicted octanol–water partition coefficient (Wildman–Crippen LogP) is 3.94. The van der Waals surface area contributed by atoms with E-state index in [9.17, 15) is 4.79 Å². The number of hydrogen-bond acceptors (Lipinski definition) is 3. The minimum absolute atomic E-state index is 0.0342. The molecule has 1 fully saturated rings. The zero-order valence-corrected chi connectivity index (χ0v) is 15.7. The van der Waals surface area contributed by atoms with Gasteiger partial charge in [0.25, 0.3) is 0 Å². The number of H-pyrrole nitrogens is 1. The molecule has 27 heavy (non-hydrogen) atoms. The average molecular weight is 363 g/mol. The largest absolute Gasteiger partial charge is 0.369 e. The van der Waals surface area contributed by atoms with E-state index in [4.69, 9.17) is 0 Å². The van der Waals surface area contributed by atoms with Gasteiger partial charge in [0.05, 0.1) is 0 Å². The maximum Gasteiger partial charge on any atom is 0.321 e. The number of pyridine rings is 1. The van der Waals surface area contributed by atoms with Gasteiger partial charge < -0.3 is 20.1 Å². The Bertz CT molecular complexity index is 922. The number of para-hydroxylation sites is 1. The number of aromatic nitrogens is 2. The first-order valence-electron chi connectivity index (χ1n) is 9.39. The van der Waals surface area contributed by atoms with Gasteiger partial charge in [-0.2, -0.15) is 0 Å². The van der Waals surface area contributed by atoms with Crippen molar-refractivity contribution in [3.8, 4) is 0 Å². The molecule has 0 bridgehead atoms. The molecule has 2 aromatic heterocycles. The number of fused-ring (bicyclic) bond motifs is 1. The predicted molar refractivity (Wildman–Crippen MR) is 109 cm³/mol. The van der Waals surface area contributed by atoms with Gasteiger partial charge in [0.1, 0.15) is 5.65 Å². The normalized spacial score (nSPS) is 19.9. The molecule has 4 rings (SSSR count). The van der Waals surface area contributed by atoms with Crippen molar-refractivity contribution in [2.75, 3.05) is 30.4 Å². The fraction of sp³-hybridized carbons (Fsp3) is 0.333. The van der Waals surface area contributed by atoms with Crippen LogP contribution in [0.5, 0.6) is 0 Å². The third-order valence-electron chi connectivity index (χ3n) is 5.55. The Kier molecular flexibility index (Phi) is 4.71. The zero-order chi connectivity index (χ0) is 18.8. The molecule has 0 saturated carbocycles. The van der Waals surface area contributed by atoms with Gasteiger partial charge >= 0.3 is 6.03 Å². The number of aromatic amines is 1. The van der Waals surface area contributed by atoms with E-state index < -0.39 is 0 Å². The van der Waals surface area contributed by atoms with Crippen molar-refractivity contribution in [1.29, 1.82) is 0 Å². The first-order chi connectivity index (χ1) is 13.1. The summed E-state index contributed by atoms with van der Waals surface area (Å²) in [6.45, 7) is 3.74. The van der Waals surface area contributed by atoms with Crippen molar-refractivity contribution < 1.29 is 4.79 Å². The molecule has 3 heterocycles. The molecule has 6 nitrogen and oxygen atoms in total. The van der Waals surface area contributed by atoms with Crippen LogP contribution >= 0.6 is 0 Å². The van der Waals surface area contributed by atoms with Crippen LogP contribution in [-0.2, 0) is 0 Å². The van der Waals surface area contributed by atoms with Crippen LogP contribution in [-0.4, -0.2) is 47.1 Å². The molecule has 0 spiro atoms. The second kappa shape index (κ2) is 7.31. The lowest BCUT2D eigenvalue weighted by molar-refractivity contribution is 0.172. The van der Waals surface area contributed by atoms with Crippen molar-refractivity contribution in [3.63, 3.8) is 0 Å². The number of nitrogens with one attached hydrogen (secondary N) is 2. The SMILES string of the molecule is C[C@@H]1CCN(C(=O)Nc2ccccc2)CC1N(C)c1ccnc2[nH]ccc12. The molecule has 2 N–H and O–H groups in total. The Morgan fingerprint density at radius 2 is 2.07 bits per heavy atom. The number of nitrogens with zero attached hydrogens (tertiary/aromatic N) is 3. The van der Waals surface area contributed by atoms with Crippen molar-refractivity contribution in [3.05, 3.63) is 54.9 Å². The van der Waals surface area contributed by atoms with E-state index in [1.807, 2.05) is 53.7 Å². The number of urea groups is 1. The summed E-state index contributed by atoms with van der Waals surface area (Å²) in [6, 6.07) is 13.9. The molecule has 2 amide bonds. The van der Waals surface area contributed by atoms with E-state index in [1.54, 1.807) is 0 Å². The van der Waals surface area contributed by atoms with Crippen LogP contribution in [0.3, 0.4) is 0 Å². The van der Waals surface area contributed by atoms with E-state index in [-0.39, 0.29) is 12.1 Å². The molecule has 140 valence electrons. The Morgan fingerprint density at radius 3 is 2.89 bits per heavy atom. The molecule has 1 saturated heterocycles. The van der Waals surface area contributed by atoms with Crippen molar-refractivity contribution in [2.24, 2.45) is 5.92 Å². The minimum Gasteiger partial charge on any atom is -0.369 e. The Morgan fingerprint density at radius 1 is 1.26 bits per heavy atom. The quantitative estimate of drug-likeness (QED) is 0.741. The van der Waals surface area contributed by atoms with Crippen LogP contribution in [0.4, 0.5) is 16.2 Å². The van der Waals surface area contributed by atoms with E-state index in [1.165, 1.54) is 0 Å². The maximum atomic E-state index is 12.7. The molecule has 3 aromatic rings. The summed E-state index contributed by atoms with van der Waals surface area (Å²) in [5.74, 6) is 0.498. The highest BCUT2D eigenvalue weighted by molar-refractivity contribution is 5.90. The van der Waals surface area contributed by atoms with Gasteiger partial charge in [0, 0.05) is 55.3 Å². The number of anilines is 2. The molecular weight excluding hydrogens is 338 g/mol. The maximum absolute atomic E-state index is 12.7. The summed E-state index contributed by atoms with van der Waals surface area (Å²) in [6.07, 6.45) is 4.73. The smallest absolute Gasteiger partial charge is 0.321 e. The first-order valence-corrected chi connectivity index (χ1v) is 9.39. The van der Waals surface area contributed by atoms with Gasteiger partial charge in [-0.05, 0) is 36.6 Å². The van der Waals surface area contributed by atoms with E-state index in [0.29, 0.717) is 12.5 Å². The lowest BCUT2D eigenvalue weighted by Crippen LogP contribution is -2.53. The molecule has 1 aliphatic rings. The van der Waals surface area contributed by atoms with E-state index in [2.05, 4.69) is 40.2 Å². The van der Waals surface area contributed by atoms with Crippen LogP contribution in [0.15, 0.2) is 54.9 Å². The molecule has 0 aliphatic carbocycles. The summed E-state index contributed by atoms with van der Waals surface area (Å²) < 4.78 is 0. The van der Waals surface area contributed by atoms with Crippen LogP contribution in [0.2, 0.25) is 0 Å². The second-order valence-corrected chi connectivity index (χ2v) is 7.26. The number of piperidine rings is 1. The number of benzene rings is 1. The van der Waals surface area contributed by atoms with Crippen molar-refractivity contribution >= 4 is 28.4 Å². The number of likely N-dealkylation sites (N-methyl/N-ethyl adjacent to an activating group) is 1. The number of rotatable bonds is 3. The van der Waals surface area contributed by atoms with E-state index >= 15 is 0 Å². The molecule has 1 unspecified atom stereocenters. The van der Waals surface area contributed by atoms with Gasteiger partial charge in [0.15, 0.2) is 0 Å². The van der Waals surface area contributed by atoms with Gasteiger partial charge in [-0.25, -0.2) is 9.78 Å². The molecule has 6 heteroatoms. The highest BCUT2D eigenvalue weighted by Gasteiger charge is 2.32. The standard InChI is InChI=1S/C21H25N5O/c1-15-10-13-26(21(27)24-16-6-4-3-5-7-16)14-19(15)25(2)18-9-12-23-20-17(18)8-11-22-20/h3-9,11-12,15,19H,10,13-14H2,1-2H3,(H,22,23)(H,24,27)/t15-,19?/m1/s1. The number of amides is 2. The Labute approximate surface area is 159 Å². The van der Waals surface area contributed by atoms with Crippen LogP contribution in [0.1, 0.15) is 13.3 Å². The molecule has 0 radical (unpaired) electrons. The van der Waals surface area contributed by atoms with Crippen molar-refractivity contribution in [1.82, 2.24) is 14.9 Å². The van der Waals surface area contributed by atoms with Crippen LogP contribution in [0.25, 0.3) is 11.0 Å². The zero-order valence-electron chi connectivity index (χ0n) is 15.7. The average Bonchev–Trinajstić information content (AvgIpc) is 3.17. The van der Waals surface area contributed by atoms with Crippen molar-refractivity contribution in [2.45, 2.75) is 19.4 Å². The van der Waals surface area contributed by atoms with Gasteiger partial charge in [0.2, 0.25) is 0 Å². The topological polar surface area (TPSA) is 64.3 Å². The molecule has 2 atom stereocenters. The first kappa shape index (κ1) is 17.4. The monoisotopic (exact) mass is 363 g/mol. The van der Waals surface area contributed by atoms with Crippen LogP contribution in [0, 0.1) is 5.92 Å². The number of carbonyl (C=O) groups excluding carboxylic acids is 1. The number of hydrogen-bond donors (Lipinski definition) is 2. The minimum atomic E-state index is -0.0342. The van der Waals surface area contributed by atoms with Gasteiger partial charge in [-0.15, -0.1) is 0 Å². The third kappa shape index (κ3) is 3.47. The molecule has 1 aromatic carbocycles. The molecule has 1 aliphatic heterocycles. The summed E-state index contributed by atoms with van der Waals surface area (Å²) in [7, 11) is 2.11. The Balaban J connectivity index is 1.52. The summed E-state index contributed by atoms with van der Waals surface area (Å²) in [4.78, 5) is 24.5. The van der Waals surface area contributed by atoms with E-state index in [0.717, 1.165) is 35.4 Å². The Hall–Kier alpha value is -3.02. The highest BCUT2D eigenvalue weighted by Crippen LogP contribution is 2.30. The van der Waals surface area contributed by atoms with Crippen LogP contribution < -0.4 is 10.2 Å².